The molecule has 2 fully saturated rings. The molecule has 40 heavy (non-hydrogen) atoms. The number of likely N-dealkylation sites (tertiary alicyclic amines) is 1. The Hall–Kier alpha value is -3.72. The number of nitrogens with zero attached hydrogens (tertiary/aromatic N) is 5. The van der Waals surface area contributed by atoms with Crippen molar-refractivity contribution in [2.75, 3.05) is 36.4 Å². The van der Waals surface area contributed by atoms with Crippen LogP contribution < -0.4 is 16.0 Å². The van der Waals surface area contributed by atoms with Gasteiger partial charge in [0, 0.05) is 44.3 Å². The number of halogens is 3. The lowest BCUT2D eigenvalue weighted by molar-refractivity contribution is 0.0785. The van der Waals surface area contributed by atoms with E-state index in [1.165, 1.54) is 18.2 Å². The molecule has 2 aliphatic heterocycles. The maximum Gasteiger partial charge on any atom is 0.149 e. The molecule has 11 heteroatoms. The molecule has 2 aromatic heterocycles. The minimum Gasteiger partial charge on any atom is -0.391 e. The quantitative estimate of drug-likeness (QED) is 0.408. The first-order valence-electron chi connectivity index (χ1n) is 13.4. The van der Waals surface area contributed by atoms with Crippen LogP contribution in [0.3, 0.4) is 0 Å². The number of pyridine rings is 2. The van der Waals surface area contributed by atoms with E-state index in [1.807, 2.05) is 17.9 Å². The van der Waals surface area contributed by atoms with Crippen LogP contribution in [0.15, 0.2) is 42.7 Å². The first kappa shape index (κ1) is 27.8. The number of hydrogen-bond donors (Lipinski definition) is 3. The summed E-state index contributed by atoms with van der Waals surface area (Å²) >= 11 is 0. The first-order valence-corrected chi connectivity index (χ1v) is 13.4. The highest BCUT2D eigenvalue weighted by Crippen LogP contribution is 2.31. The molecule has 2 aliphatic rings. The molecule has 0 spiro atoms. The third-order valence-corrected chi connectivity index (χ3v) is 7.66. The van der Waals surface area contributed by atoms with Gasteiger partial charge in [0.15, 0.2) is 0 Å². The van der Waals surface area contributed by atoms with Gasteiger partial charge >= 0.3 is 0 Å². The molecule has 4 N–H and O–H groups in total. The monoisotopic (exact) mass is 551 g/mol. The van der Waals surface area contributed by atoms with Gasteiger partial charge < -0.3 is 21.1 Å². The molecule has 4 heterocycles. The summed E-state index contributed by atoms with van der Waals surface area (Å²) in [5, 5.41) is 22.6. The van der Waals surface area contributed by atoms with Crippen molar-refractivity contribution in [1.82, 2.24) is 14.9 Å². The maximum atomic E-state index is 15.2. The van der Waals surface area contributed by atoms with Gasteiger partial charge in [-0.15, -0.1) is 0 Å². The van der Waals surface area contributed by atoms with Crippen LogP contribution in [0.2, 0.25) is 0 Å². The van der Waals surface area contributed by atoms with Gasteiger partial charge in [-0.3, -0.25) is 9.88 Å². The van der Waals surface area contributed by atoms with Gasteiger partial charge in [0.05, 0.1) is 53.5 Å². The highest BCUT2D eigenvalue weighted by atomic mass is 19.1. The summed E-state index contributed by atoms with van der Waals surface area (Å²) in [5.41, 5.74) is 7.55. The summed E-state index contributed by atoms with van der Waals surface area (Å²) in [6, 6.07) is 8.68. The minimum atomic E-state index is -0.894. The molecule has 1 aromatic carbocycles. The van der Waals surface area contributed by atoms with Gasteiger partial charge in [-0.05, 0) is 48.9 Å². The lowest BCUT2D eigenvalue weighted by atomic mass is 9.92. The summed E-state index contributed by atoms with van der Waals surface area (Å²) in [4.78, 5) is 12.5. The van der Waals surface area contributed by atoms with Crippen LogP contribution >= 0.6 is 0 Å². The number of rotatable bonds is 7. The number of aromatic nitrogens is 2. The average molecular weight is 552 g/mol. The predicted octanol–water partition coefficient (Wildman–Crippen LogP) is 3.66. The third-order valence-electron chi connectivity index (χ3n) is 7.66. The fourth-order valence-corrected chi connectivity index (χ4v) is 5.54. The van der Waals surface area contributed by atoms with E-state index >= 15 is 8.78 Å². The maximum absolute atomic E-state index is 15.2. The summed E-state index contributed by atoms with van der Waals surface area (Å²) < 4.78 is 45.1. The molecule has 210 valence electrons. The molecule has 5 rings (SSSR count). The van der Waals surface area contributed by atoms with Crippen LogP contribution in [0.1, 0.15) is 24.6 Å². The van der Waals surface area contributed by atoms with E-state index in [0.717, 1.165) is 18.2 Å². The van der Waals surface area contributed by atoms with Gasteiger partial charge in [-0.2, -0.15) is 5.26 Å². The summed E-state index contributed by atoms with van der Waals surface area (Å²) in [6.45, 7) is 4.71. The van der Waals surface area contributed by atoms with E-state index < -0.39 is 40.9 Å². The van der Waals surface area contributed by atoms with Crippen LogP contribution in [-0.4, -0.2) is 58.3 Å². The zero-order valence-electron chi connectivity index (χ0n) is 22.2. The molecule has 3 aromatic rings. The number of benzene rings is 1. The van der Waals surface area contributed by atoms with Crippen molar-refractivity contribution in [3.63, 3.8) is 0 Å². The Morgan fingerprint density at radius 1 is 1.12 bits per heavy atom. The van der Waals surface area contributed by atoms with E-state index in [-0.39, 0.29) is 18.4 Å². The number of aliphatic hydroxyl groups excluding tert-OH is 1. The fraction of sp³-hybridized carbons (Fsp3) is 0.414. The van der Waals surface area contributed by atoms with Crippen molar-refractivity contribution in [2.24, 2.45) is 17.6 Å². The van der Waals surface area contributed by atoms with Gasteiger partial charge in [0.2, 0.25) is 0 Å². The molecule has 0 saturated carbocycles. The topological polar surface area (TPSA) is 114 Å². The second kappa shape index (κ2) is 11.8. The Morgan fingerprint density at radius 3 is 2.60 bits per heavy atom. The molecule has 0 aliphatic carbocycles. The second-order valence-electron chi connectivity index (χ2n) is 10.7. The van der Waals surface area contributed by atoms with Gasteiger partial charge in [-0.1, -0.05) is 6.92 Å². The smallest absolute Gasteiger partial charge is 0.149 e. The summed E-state index contributed by atoms with van der Waals surface area (Å²) in [6.07, 6.45) is 3.46. The lowest BCUT2D eigenvalue weighted by Gasteiger charge is -2.40. The van der Waals surface area contributed by atoms with Crippen LogP contribution in [0.25, 0.3) is 11.3 Å². The molecule has 8 nitrogen and oxygen atoms in total. The number of nitriles is 1. The lowest BCUT2D eigenvalue weighted by Crippen LogP contribution is -2.55. The predicted molar refractivity (Wildman–Crippen MR) is 145 cm³/mol. The van der Waals surface area contributed by atoms with E-state index in [4.69, 9.17) is 11.0 Å². The molecule has 0 bridgehead atoms. The Balaban J connectivity index is 1.33. The summed E-state index contributed by atoms with van der Waals surface area (Å²) in [7, 11) is 0. The number of anilines is 2. The molecule has 4 atom stereocenters. The Labute approximate surface area is 231 Å². The van der Waals surface area contributed by atoms with Crippen molar-refractivity contribution in [1.29, 1.82) is 5.26 Å². The summed E-state index contributed by atoms with van der Waals surface area (Å²) in [5.74, 6) is -2.72. The molecular weight excluding hydrogens is 519 g/mol. The largest absolute Gasteiger partial charge is 0.391 e. The van der Waals surface area contributed by atoms with Crippen molar-refractivity contribution >= 4 is 11.4 Å². The minimum absolute atomic E-state index is 0.0212. The van der Waals surface area contributed by atoms with E-state index in [2.05, 4.69) is 26.3 Å². The van der Waals surface area contributed by atoms with Crippen molar-refractivity contribution in [3.05, 3.63) is 71.4 Å². The number of nitrogens with two attached hydrogens (primary N) is 1. The Morgan fingerprint density at radius 2 is 1.90 bits per heavy atom. The van der Waals surface area contributed by atoms with E-state index in [0.29, 0.717) is 49.7 Å². The first-order chi connectivity index (χ1) is 19.2. The zero-order chi connectivity index (χ0) is 28.4. The Bertz CT molecular complexity index is 1380. The van der Waals surface area contributed by atoms with Gasteiger partial charge in [0.1, 0.15) is 23.1 Å². The van der Waals surface area contributed by atoms with E-state index in [1.54, 1.807) is 12.4 Å². The van der Waals surface area contributed by atoms with Gasteiger partial charge in [-0.25, -0.2) is 18.2 Å². The van der Waals surface area contributed by atoms with Crippen LogP contribution in [0.4, 0.5) is 24.5 Å². The van der Waals surface area contributed by atoms with Crippen LogP contribution in [-0.2, 0) is 13.1 Å². The molecular formula is C29H32F3N7O. The average Bonchev–Trinajstić information content (AvgIpc) is 3.39. The van der Waals surface area contributed by atoms with Crippen molar-refractivity contribution < 1.29 is 18.3 Å². The molecule has 0 amide bonds. The Kier molecular flexibility index (Phi) is 8.21. The number of aliphatic hydroxyl groups is 1. The van der Waals surface area contributed by atoms with Crippen molar-refractivity contribution in [2.45, 2.75) is 38.6 Å². The SMILES string of the molecule is C[C@H]1CN(c2ccncc2NCc2ccc(F)c(-c3c(F)cc(CN4CCC(C#N)C4)cc3F)n2)C[C@@H](N)[C@@H]1O. The highest BCUT2D eigenvalue weighted by molar-refractivity contribution is 5.69. The van der Waals surface area contributed by atoms with Gasteiger partial charge in [0.25, 0.3) is 0 Å². The number of hydrogen-bond acceptors (Lipinski definition) is 8. The second-order valence-corrected chi connectivity index (χ2v) is 10.7. The number of piperidine rings is 1. The standard InChI is InChI=1S/C29H32F3N7O/c1-17-13-39(16-24(34)29(17)40)26-4-6-35-12-25(26)36-11-20-2-3-21(30)28(37-20)27-22(31)8-19(9-23(27)32)15-38-7-5-18(10-33)14-38/h2-4,6,8-9,12,17-18,24,29,36,40H,5,7,11,13-16,34H2,1H3/t17-,18?,24+,29+/m0/s1. The third kappa shape index (κ3) is 5.89. The molecule has 2 saturated heterocycles. The van der Waals surface area contributed by atoms with Crippen molar-refractivity contribution in [3.8, 4) is 17.3 Å². The molecule has 1 unspecified atom stereocenters. The fourth-order valence-electron chi connectivity index (χ4n) is 5.54. The van der Waals surface area contributed by atoms with Crippen LogP contribution in [0, 0.1) is 40.6 Å². The molecule has 0 radical (unpaired) electrons. The normalized spacial score (nSPS) is 23.3. The van der Waals surface area contributed by atoms with E-state index in [9.17, 15) is 9.50 Å². The van der Waals surface area contributed by atoms with Crippen LogP contribution in [0.5, 0.6) is 0 Å². The number of nitrogens with one attached hydrogen (secondary N) is 1. The highest BCUT2D eigenvalue weighted by Gasteiger charge is 2.32. The zero-order valence-corrected chi connectivity index (χ0v) is 22.2.